The lowest BCUT2D eigenvalue weighted by molar-refractivity contribution is 0.393. The van der Waals surface area contributed by atoms with Crippen molar-refractivity contribution < 1.29 is 9.05 Å². The van der Waals surface area contributed by atoms with Crippen molar-refractivity contribution in [2.24, 2.45) is 5.92 Å². The smallest absolute Gasteiger partial charge is 0.250 e. The number of hydrogen-bond donors (Lipinski definition) is 0. The molecule has 2 aromatic heterocycles. The van der Waals surface area contributed by atoms with Gasteiger partial charge in [0.25, 0.3) is 5.89 Å². The van der Waals surface area contributed by atoms with Crippen LogP contribution >= 0.6 is 0 Å². The van der Waals surface area contributed by atoms with Gasteiger partial charge >= 0.3 is 0 Å². The van der Waals surface area contributed by atoms with Crippen LogP contribution in [0.15, 0.2) is 14.6 Å². The van der Waals surface area contributed by atoms with Crippen LogP contribution in [0.2, 0.25) is 0 Å². The van der Waals surface area contributed by atoms with Gasteiger partial charge in [0.2, 0.25) is 5.82 Å². The number of nitrogens with zero attached hydrogens (tertiary/aromatic N) is 3. The standard InChI is InChI=1S/C14H17N3O2/c1-8-4-5-11(6-8)7-12-15-14(17-19-12)13-9(2)16-18-10(13)3/h7-8H,4-6H2,1-3H3. The Morgan fingerprint density at radius 3 is 2.68 bits per heavy atom. The Kier molecular flexibility index (Phi) is 2.97. The quantitative estimate of drug-likeness (QED) is 0.825. The fraction of sp³-hybridized carbons (Fsp3) is 0.500. The van der Waals surface area contributed by atoms with Gasteiger partial charge in [0.15, 0.2) is 0 Å². The van der Waals surface area contributed by atoms with Gasteiger partial charge in [0, 0.05) is 6.08 Å². The molecule has 0 aliphatic heterocycles. The third kappa shape index (κ3) is 2.32. The van der Waals surface area contributed by atoms with Crippen LogP contribution in [-0.2, 0) is 0 Å². The van der Waals surface area contributed by atoms with Crippen molar-refractivity contribution in [1.29, 1.82) is 0 Å². The van der Waals surface area contributed by atoms with E-state index < -0.39 is 0 Å². The Morgan fingerprint density at radius 1 is 1.21 bits per heavy atom. The van der Waals surface area contributed by atoms with Crippen molar-refractivity contribution in [3.63, 3.8) is 0 Å². The highest BCUT2D eigenvalue weighted by molar-refractivity contribution is 5.60. The van der Waals surface area contributed by atoms with Crippen LogP contribution in [0.25, 0.3) is 17.5 Å². The van der Waals surface area contributed by atoms with Crippen molar-refractivity contribution in [3.05, 3.63) is 22.9 Å². The predicted molar refractivity (Wildman–Crippen MR) is 70.3 cm³/mol. The SMILES string of the molecule is Cc1noc(C)c1-c1noc(C=C2CCC(C)C2)n1. The Bertz CT molecular complexity index is 605. The van der Waals surface area contributed by atoms with Crippen molar-refractivity contribution in [2.75, 3.05) is 0 Å². The molecule has 2 heterocycles. The molecule has 3 rings (SSSR count). The lowest BCUT2D eigenvalue weighted by Gasteiger charge is -1.94. The third-order valence-corrected chi connectivity index (χ3v) is 3.60. The van der Waals surface area contributed by atoms with Gasteiger partial charge in [-0.3, -0.25) is 0 Å². The summed E-state index contributed by atoms with van der Waals surface area (Å²) in [5.74, 6) is 2.59. The van der Waals surface area contributed by atoms with E-state index in [2.05, 4.69) is 22.2 Å². The van der Waals surface area contributed by atoms with Gasteiger partial charge < -0.3 is 9.05 Å². The lowest BCUT2D eigenvalue weighted by Crippen LogP contribution is -1.84. The van der Waals surface area contributed by atoms with Crippen LogP contribution < -0.4 is 0 Å². The third-order valence-electron chi connectivity index (χ3n) is 3.60. The number of hydrogen-bond acceptors (Lipinski definition) is 5. The normalized spacial score (nSPS) is 21.4. The maximum atomic E-state index is 5.29. The summed E-state index contributed by atoms with van der Waals surface area (Å²) in [5, 5.41) is 7.91. The van der Waals surface area contributed by atoms with Crippen LogP contribution in [-0.4, -0.2) is 15.3 Å². The molecule has 1 aliphatic rings. The number of allylic oxidation sites excluding steroid dienone is 1. The molecule has 0 saturated heterocycles. The first kappa shape index (κ1) is 12.1. The summed E-state index contributed by atoms with van der Waals surface area (Å²) < 4.78 is 10.4. The molecule has 5 heteroatoms. The minimum Gasteiger partial charge on any atom is -0.361 e. The maximum Gasteiger partial charge on any atom is 0.250 e. The number of aromatic nitrogens is 3. The molecule has 1 unspecified atom stereocenters. The van der Waals surface area contributed by atoms with E-state index in [1.807, 2.05) is 19.9 Å². The Morgan fingerprint density at radius 2 is 2.05 bits per heavy atom. The molecule has 1 aliphatic carbocycles. The van der Waals surface area contributed by atoms with E-state index in [0.717, 1.165) is 30.0 Å². The zero-order chi connectivity index (χ0) is 13.4. The van der Waals surface area contributed by atoms with Crippen molar-refractivity contribution in [2.45, 2.75) is 40.0 Å². The summed E-state index contributed by atoms with van der Waals surface area (Å²) >= 11 is 0. The zero-order valence-corrected chi connectivity index (χ0v) is 11.4. The van der Waals surface area contributed by atoms with Gasteiger partial charge in [-0.15, -0.1) is 0 Å². The van der Waals surface area contributed by atoms with Gasteiger partial charge in [-0.2, -0.15) is 4.98 Å². The van der Waals surface area contributed by atoms with E-state index in [1.165, 1.54) is 12.0 Å². The van der Waals surface area contributed by atoms with E-state index >= 15 is 0 Å². The van der Waals surface area contributed by atoms with Gasteiger partial charge in [0.1, 0.15) is 5.76 Å². The van der Waals surface area contributed by atoms with Crippen molar-refractivity contribution in [1.82, 2.24) is 15.3 Å². The molecule has 0 amide bonds. The second-order valence-corrected chi connectivity index (χ2v) is 5.31. The van der Waals surface area contributed by atoms with E-state index in [4.69, 9.17) is 9.05 Å². The van der Waals surface area contributed by atoms with E-state index in [1.54, 1.807) is 0 Å². The molecule has 1 saturated carbocycles. The first-order valence-electron chi connectivity index (χ1n) is 6.60. The molecule has 0 spiro atoms. The molecule has 0 radical (unpaired) electrons. The monoisotopic (exact) mass is 259 g/mol. The topological polar surface area (TPSA) is 65.0 Å². The fourth-order valence-corrected chi connectivity index (χ4v) is 2.59. The lowest BCUT2D eigenvalue weighted by atomic mass is 10.1. The molecule has 0 aromatic carbocycles. The molecule has 0 bridgehead atoms. The highest BCUT2D eigenvalue weighted by Crippen LogP contribution is 2.31. The van der Waals surface area contributed by atoms with E-state index in [0.29, 0.717) is 17.5 Å². The van der Waals surface area contributed by atoms with Gasteiger partial charge in [-0.1, -0.05) is 22.8 Å². The highest BCUT2D eigenvalue weighted by Gasteiger charge is 2.19. The zero-order valence-electron chi connectivity index (χ0n) is 11.4. The van der Waals surface area contributed by atoms with Gasteiger partial charge in [0.05, 0.1) is 11.3 Å². The van der Waals surface area contributed by atoms with Crippen molar-refractivity contribution in [3.8, 4) is 11.4 Å². The molecule has 100 valence electrons. The average molecular weight is 259 g/mol. The Labute approximate surface area is 111 Å². The van der Waals surface area contributed by atoms with Crippen LogP contribution in [0.5, 0.6) is 0 Å². The van der Waals surface area contributed by atoms with Crippen LogP contribution in [0.1, 0.15) is 43.5 Å². The van der Waals surface area contributed by atoms with Crippen LogP contribution in [0, 0.1) is 19.8 Å². The molecule has 19 heavy (non-hydrogen) atoms. The largest absolute Gasteiger partial charge is 0.361 e. The summed E-state index contributed by atoms with van der Waals surface area (Å²) in [6, 6.07) is 0. The molecular weight excluding hydrogens is 242 g/mol. The molecular formula is C14H17N3O2. The summed E-state index contributed by atoms with van der Waals surface area (Å²) in [7, 11) is 0. The van der Waals surface area contributed by atoms with Crippen molar-refractivity contribution >= 4 is 6.08 Å². The fourth-order valence-electron chi connectivity index (χ4n) is 2.59. The minimum atomic E-state index is 0.550. The molecule has 1 fully saturated rings. The first-order chi connectivity index (χ1) is 9.13. The van der Waals surface area contributed by atoms with Gasteiger partial charge in [-0.05, 0) is 39.0 Å². The maximum absolute atomic E-state index is 5.29. The second-order valence-electron chi connectivity index (χ2n) is 5.31. The Hall–Kier alpha value is -1.91. The summed E-state index contributed by atoms with van der Waals surface area (Å²) in [6.45, 7) is 5.99. The van der Waals surface area contributed by atoms with Crippen LogP contribution in [0.3, 0.4) is 0 Å². The Balaban J connectivity index is 1.88. The predicted octanol–water partition coefficient (Wildman–Crippen LogP) is 3.54. The molecule has 0 N–H and O–H groups in total. The van der Waals surface area contributed by atoms with E-state index in [9.17, 15) is 0 Å². The number of aryl methyl sites for hydroxylation is 2. The van der Waals surface area contributed by atoms with E-state index in [-0.39, 0.29) is 0 Å². The highest BCUT2D eigenvalue weighted by atomic mass is 16.5. The first-order valence-corrected chi connectivity index (χ1v) is 6.60. The van der Waals surface area contributed by atoms with Gasteiger partial charge in [-0.25, -0.2) is 0 Å². The molecule has 2 aromatic rings. The average Bonchev–Trinajstić information content (AvgIpc) is 3.04. The number of rotatable bonds is 2. The molecule has 1 atom stereocenters. The second kappa shape index (κ2) is 4.64. The summed E-state index contributed by atoms with van der Waals surface area (Å²) in [4.78, 5) is 4.41. The summed E-state index contributed by atoms with van der Waals surface area (Å²) in [6.07, 6.45) is 5.52. The minimum absolute atomic E-state index is 0.550. The van der Waals surface area contributed by atoms with Crippen LogP contribution in [0.4, 0.5) is 0 Å². The molecule has 5 nitrogen and oxygen atoms in total. The summed E-state index contributed by atoms with van der Waals surface area (Å²) in [5.41, 5.74) is 3.00.